The van der Waals surface area contributed by atoms with Crippen molar-refractivity contribution in [3.05, 3.63) is 58.6 Å². The lowest BCUT2D eigenvalue weighted by atomic mass is 10.0. The van der Waals surface area contributed by atoms with Crippen molar-refractivity contribution in [1.29, 1.82) is 0 Å². The molecule has 1 atom stereocenters. The van der Waals surface area contributed by atoms with Crippen molar-refractivity contribution in [3.63, 3.8) is 0 Å². The van der Waals surface area contributed by atoms with Crippen LogP contribution in [0.4, 0.5) is 4.39 Å². The van der Waals surface area contributed by atoms with Crippen LogP contribution in [0, 0.1) is 12.7 Å². The Morgan fingerprint density at radius 2 is 2.30 bits per heavy atom. The summed E-state index contributed by atoms with van der Waals surface area (Å²) in [5.41, 5.74) is 2.80. The Hall–Kier alpha value is -1.72. The molecule has 0 aliphatic heterocycles. The Morgan fingerprint density at radius 1 is 1.45 bits per heavy atom. The van der Waals surface area contributed by atoms with E-state index >= 15 is 0 Å². The molecule has 0 saturated carbocycles. The van der Waals surface area contributed by atoms with E-state index in [0.717, 1.165) is 22.6 Å². The molecule has 0 saturated heterocycles. The predicted molar refractivity (Wildman–Crippen MR) is 79.7 cm³/mol. The number of rotatable bonds is 4. The number of thiazole rings is 1. The van der Waals surface area contributed by atoms with E-state index in [1.54, 1.807) is 18.3 Å². The maximum Gasteiger partial charge on any atom is 0.193 e. The molecular formula is C15H16FN3S. The molecule has 0 amide bonds. The van der Waals surface area contributed by atoms with Gasteiger partial charge in [-0.15, -0.1) is 11.3 Å². The topological polar surface area (TPSA) is 29.3 Å². The zero-order valence-electron chi connectivity index (χ0n) is 11.4. The SMILES string of the molecule is CNC(Cc1cn2ccsc2n1)c1ccc(F)c(C)c1. The zero-order valence-corrected chi connectivity index (χ0v) is 12.2. The molecule has 3 nitrogen and oxygen atoms in total. The second kappa shape index (κ2) is 5.34. The van der Waals surface area contributed by atoms with E-state index < -0.39 is 0 Å². The third kappa shape index (κ3) is 2.46. The van der Waals surface area contributed by atoms with Gasteiger partial charge in [0.05, 0.1) is 5.69 Å². The zero-order chi connectivity index (χ0) is 14.1. The van der Waals surface area contributed by atoms with Gasteiger partial charge in [-0.25, -0.2) is 9.37 Å². The minimum absolute atomic E-state index is 0.138. The van der Waals surface area contributed by atoms with Crippen LogP contribution in [0.15, 0.2) is 36.0 Å². The normalized spacial score (nSPS) is 12.9. The summed E-state index contributed by atoms with van der Waals surface area (Å²) >= 11 is 1.62. The standard InChI is InChI=1S/C15H16FN3S/c1-10-7-11(3-4-13(10)16)14(17-2)8-12-9-19-5-6-20-15(19)18-12/h3-7,9,14,17H,8H2,1-2H3. The van der Waals surface area contributed by atoms with Crippen molar-refractivity contribution < 1.29 is 4.39 Å². The summed E-state index contributed by atoms with van der Waals surface area (Å²) in [4.78, 5) is 5.60. The van der Waals surface area contributed by atoms with Gasteiger partial charge in [-0.3, -0.25) is 4.40 Å². The predicted octanol–water partition coefficient (Wildman–Crippen LogP) is 3.35. The molecule has 0 fully saturated rings. The quantitative estimate of drug-likeness (QED) is 0.798. The summed E-state index contributed by atoms with van der Waals surface area (Å²) in [7, 11) is 1.92. The highest BCUT2D eigenvalue weighted by atomic mass is 32.1. The number of nitrogens with zero attached hydrogens (tertiary/aromatic N) is 2. The largest absolute Gasteiger partial charge is 0.313 e. The van der Waals surface area contributed by atoms with Crippen LogP contribution < -0.4 is 5.32 Å². The Morgan fingerprint density at radius 3 is 3.00 bits per heavy atom. The number of likely N-dealkylation sites (N-methyl/N-ethyl adjacent to an activating group) is 1. The fourth-order valence-electron chi connectivity index (χ4n) is 2.35. The van der Waals surface area contributed by atoms with Gasteiger partial charge in [-0.2, -0.15) is 0 Å². The third-order valence-corrected chi connectivity index (χ3v) is 4.26. The smallest absolute Gasteiger partial charge is 0.193 e. The van der Waals surface area contributed by atoms with E-state index in [1.165, 1.54) is 6.07 Å². The van der Waals surface area contributed by atoms with Gasteiger partial charge in [0.1, 0.15) is 5.82 Å². The summed E-state index contributed by atoms with van der Waals surface area (Å²) < 4.78 is 15.4. The Labute approximate surface area is 121 Å². The Kier molecular flexibility index (Phi) is 3.54. The van der Waals surface area contributed by atoms with Crippen LogP contribution in [0.1, 0.15) is 22.9 Å². The van der Waals surface area contributed by atoms with Gasteiger partial charge in [0.25, 0.3) is 0 Å². The first-order valence-corrected chi connectivity index (χ1v) is 7.39. The van der Waals surface area contributed by atoms with Gasteiger partial charge in [-0.05, 0) is 31.2 Å². The fourth-order valence-corrected chi connectivity index (χ4v) is 3.07. The molecule has 5 heteroatoms. The molecule has 0 radical (unpaired) electrons. The van der Waals surface area contributed by atoms with Crippen molar-refractivity contribution in [2.75, 3.05) is 7.05 Å². The van der Waals surface area contributed by atoms with Crippen LogP contribution in [0.2, 0.25) is 0 Å². The molecule has 104 valence electrons. The minimum Gasteiger partial charge on any atom is -0.313 e. The average Bonchev–Trinajstić information content (AvgIpc) is 3.00. The molecule has 2 aromatic heterocycles. The highest BCUT2D eigenvalue weighted by molar-refractivity contribution is 7.15. The molecule has 0 bridgehead atoms. The highest BCUT2D eigenvalue weighted by Gasteiger charge is 2.14. The van der Waals surface area contributed by atoms with E-state index in [9.17, 15) is 4.39 Å². The van der Waals surface area contributed by atoms with Gasteiger partial charge in [0, 0.05) is 30.2 Å². The first kappa shape index (κ1) is 13.3. The average molecular weight is 289 g/mol. The number of hydrogen-bond donors (Lipinski definition) is 1. The molecule has 0 aliphatic rings. The molecule has 1 N–H and O–H groups in total. The number of imidazole rings is 1. The van der Waals surface area contributed by atoms with Crippen molar-refractivity contribution in [3.8, 4) is 0 Å². The molecule has 3 aromatic rings. The maximum atomic E-state index is 13.4. The number of benzene rings is 1. The maximum absolute atomic E-state index is 13.4. The lowest BCUT2D eigenvalue weighted by Gasteiger charge is -2.16. The van der Waals surface area contributed by atoms with Crippen LogP contribution in [-0.4, -0.2) is 16.4 Å². The van der Waals surface area contributed by atoms with E-state index in [4.69, 9.17) is 0 Å². The molecule has 2 heterocycles. The Balaban J connectivity index is 1.85. The van der Waals surface area contributed by atoms with E-state index in [1.807, 2.05) is 41.4 Å². The molecule has 1 aromatic carbocycles. The van der Waals surface area contributed by atoms with Crippen LogP contribution in [0.25, 0.3) is 4.96 Å². The van der Waals surface area contributed by atoms with Crippen molar-refractivity contribution in [2.24, 2.45) is 0 Å². The van der Waals surface area contributed by atoms with Gasteiger partial charge in [-0.1, -0.05) is 12.1 Å². The second-order valence-electron chi connectivity index (χ2n) is 4.88. The highest BCUT2D eigenvalue weighted by Crippen LogP contribution is 2.21. The first-order valence-electron chi connectivity index (χ1n) is 6.52. The lowest BCUT2D eigenvalue weighted by molar-refractivity contribution is 0.578. The molecular weight excluding hydrogens is 273 g/mol. The van der Waals surface area contributed by atoms with Crippen LogP contribution in [0.5, 0.6) is 0 Å². The number of fused-ring (bicyclic) bond motifs is 1. The van der Waals surface area contributed by atoms with Gasteiger partial charge >= 0.3 is 0 Å². The number of aryl methyl sites for hydroxylation is 1. The van der Waals surface area contributed by atoms with Gasteiger partial charge in [0.15, 0.2) is 4.96 Å². The van der Waals surface area contributed by atoms with Crippen molar-refractivity contribution >= 4 is 16.3 Å². The first-order chi connectivity index (χ1) is 9.67. The minimum atomic E-state index is -0.161. The third-order valence-electron chi connectivity index (χ3n) is 3.49. The molecule has 3 rings (SSSR count). The van der Waals surface area contributed by atoms with Crippen molar-refractivity contribution in [2.45, 2.75) is 19.4 Å². The Bertz CT molecular complexity index is 703. The van der Waals surface area contributed by atoms with E-state index in [0.29, 0.717) is 5.56 Å². The van der Waals surface area contributed by atoms with Gasteiger partial charge in [0.2, 0.25) is 0 Å². The van der Waals surface area contributed by atoms with E-state index in [2.05, 4.69) is 10.3 Å². The van der Waals surface area contributed by atoms with E-state index in [-0.39, 0.29) is 11.9 Å². The summed E-state index contributed by atoms with van der Waals surface area (Å²) in [6.07, 6.45) is 4.84. The van der Waals surface area contributed by atoms with Gasteiger partial charge < -0.3 is 5.32 Å². The van der Waals surface area contributed by atoms with Crippen molar-refractivity contribution in [1.82, 2.24) is 14.7 Å². The summed E-state index contributed by atoms with van der Waals surface area (Å²) in [5.74, 6) is -0.161. The van der Waals surface area contributed by atoms with Crippen LogP contribution in [-0.2, 0) is 6.42 Å². The molecule has 0 aliphatic carbocycles. The lowest BCUT2D eigenvalue weighted by Crippen LogP contribution is -2.19. The number of hydrogen-bond acceptors (Lipinski definition) is 3. The number of halogens is 1. The number of aromatic nitrogens is 2. The summed E-state index contributed by atoms with van der Waals surface area (Å²) in [5, 5.41) is 5.30. The summed E-state index contributed by atoms with van der Waals surface area (Å²) in [6, 6.07) is 5.40. The molecule has 20 heavy (non-hydrogen) atoms. The van der Waals surface area contributed by atoms with Crippen LogP contribution >= 0.6 is 11.3 Å². The number of nitrogens with one attached hydrogen (secondary N) is 1. The molecule has 1 unspecified atom stereocenters. The van der Waals surface area contributed by atoms with Crippen LogP contribution in [0.3, 0.4) is 0 Å². The fraction of sp³-hybridized carbons (Fsp3) is 0.267. The second-order valence-corrected chi connectivity index (χ2v) is 5.75. The monoisotopic (exact) mass is 289 g/mol. The molecule has 0 spiro atoms. The summed E-state index contributed by atoms with van der Waals surface area (Å²) in [6.45, 7) is 1.79.